The van der Waals surface area contributed by atoms with Crippen LogP contribution in [0, 0.1) is 5.92 Å². The summed E-state index contributed by atoms with van der Waals surface area (Å²) in [5, 5.41) is 9.38. The third-order valence-electron chi connectivity index (χ3n) is 6.22. The summed E-state index contributed by atoms with van der Waals surface area (Å²) in [5.41, 5.74) is 1.59. The van der Waals surface area contributed by atoms with Crippen LogP contribution in [0.25, 0.3) is 11.3 Å². The monoisotopic (exact) mass is 478 g/mol. The quantitative estimate of drug-likeness (QED) is 0.572. The molecule has 1 amide bonds. The maximum Gasteiger partial charge on any atom is 0.471 e. The van der Waals surface area contributed by atoms with Crippen molar-refractivity contribution in [2.45, 2.75) is 36.8 Å². The van der Waals surface area contributed by atoms with E-state index in [-0.39, 0.29) is 17.1 Å². The van der Waals surface area contributed by atoms with Crippen LogP contribution in [0.4, 0.5) is 13.2 Å². The number of thiazole rings is 1. The second-order valence-corrected chi connectivity index (χ2v) is 9.28. The van der Waals surface area contributed by atoms with Gasteiger partial charge in [-0.25, -0.2) is 4.98 Å². The van der Waals surface area contributed by atoms with Gasteiger partial charge < -0.3 is 14.6 Å². The first-order valence-corrected chi connectivity index (χ1v) is 11.5. The van der Waals surface area contributed by atoms with Gasteiger partial charge in [0, 0.05) is 48.0 Å². The second-order valence-electron chi connectivity index (χ2n) is 8.42. The Hall–Kier alpha value is -2.79. The number of alkyl halides is 3. The van der Waals surface area contributed by atoms with E-state index in [1.54, 1.807) is 11.3 Å². The standard InChI is InChI=1S/C22H21F3N4O3S/c23-22(24,25)19-28-17(29-32-19)14-10-15(14)18(30)26-12-21(6-8-31-9-7-21)20-27-16(11-33-20)13-4-2-1-3-5-13/h1-5,11,14-15H,6-10,12H2,(H,26,30). The molecule has 2 aromatic heterocycles. The molecule has 1 saturated heterocycles. The normalized spacial score (nSPS) is 22.2. The second kappa shape index (κ2) is 8.53. The maximum absolute atomic E-state index is 12.8. The maximum atomic E-state index is 12.8. The number of carbonyl (C=O) groups is 1. The lowest BCUT2D eigenvalue weighted by molar-refractivity contribution is -0.159. The summed E-state index contributed by atoms with van der Waals surface area (Å²) in [6.07, 6.45) is -2.85. The Morgan fingerprint density at radius 2 is 1.94 bits per heavy atom. The van der Waals surface area contributed by atoms with E-state index in [1.165, 1.54) is 0 Å². The molecule has 1 aromatic carbocycles. The summed E-state index contributed by atoms with van der Waals surface area (Å²) in [4.78, 5) is 21.1. The van der Waals surface area contributed by atoms with Gasteiger partial charge in [-0.1, -0.05) is 35.5 Å². The molecule has 1 saturated carbocycles. The highest BCUT2D eigenvalue weighted by molar-refractivity contribution is 7.10. The van der Waals surface area contributed by atoms with Crippen LogP contribution in [-0.2, 0) is 21.1 Å². The van der Waals surface area contributed by atoms with Crippen LogP contribution < -0.4 is 5.32 Å². The van der Waals surface area contributed by atoms with E-state index < -0.39 is 23.9 Å². The van der Waals surface area contributed by atoms with E-state index in [0.29, 0.717) is 26.2 Å². The topological polar surface area (TPSA) is 90.1 Å². The Labute approximate surface area is 191 Å². The molecule has 2 aliphatic rings. The van der Waals surface area contributed by atoms with Crippen molar-refractivity contribution in [2.75, 3.05) is 19.8 Å². The van der Waals surface area contributed by atoms with E-state index >= 15 is 0 Å². The molecule has 1 N–H and O–H groups in total. The molecule has 3 aromatic rings. The first kappa shape index (κ1) is 22.0. The number of aromatic nitrogens is 3. The number of hydrogen-bond donors (Lipinski definition) is 1. The summed E-state index contributed by atoms with van der Waals surface area (Å²) in [5.74, 6) is -2.60. The minimum absolute atomic E-state index is 0.0734. The summed E-state index contributed by atoms with van der Waals surface area (Å²) in [7, 11) is 0. The number of carbonyl (C=O) groups excluding carboxylic acids is 1. The molecule has 2 fully saturated rings. The van der Waals surface area contributed by atoms with Crippen molar-refractivity contribution in [1.29, 1.82) is 0 Å². The summed E-state index contributed by atoms with van der Waals surface area (Å²) < 4.78 is 47.9. The van der Waals surface area contributed by atoms with E-state index in [9.17, 15) is 18.0 Å². The van der Waals surface area contributed by atoms with Crippen molar-refractivity contribution in [3.63, 3.8) is 0 Å². The third-order valence-corrected chi connectivity index (χ3v) is 7.31. The molecule has 174 valence electrons. The van der Waals surface area contributed by atoms with Crippen LogP contribution in [0.2, 0.25) is 0 Å². The van der Waals surface area contributed by atoms with Crippen LogP contribution in [-0.4, -0.2) is 40.8 Å². The van der Waals surface area contributed by atoms with Gasteiger partial charge in [0.05, 0.1) is 5.69 Å². The van der Waals surface area contributed by atoms with Gasteiger partial charge in [-0.15, -0.1) is 11.3 Å². The average molecular weight is 478 g/mol. The van der Waals surface area contributed by atoms with Gasteiger partial charge in [0.2, 0.25) is 5.91 Å². The number of ether oxygens (including phenoxy) is 1. The van der Waals surface area contributed by atoms with Crippen LogP contribution in [0.3, 0.4) is 0 Å². The van der Waals surface area contributed by atoms with Crippen molar-refractivity contribution in [2.24, 2.45) is 5.92 Å². The molecule has 0 spiro atoms. The van der Waals surface area contributed by atoms with E-state index in [4.69, 9.17) is 9.72 Å². The Morgan fingerprint density at radius 1 is 1.18 bits per heavy atom. The summed E-state index contributed by atoms with van der Waals surface area (Å²) in [6.45, 7) is 1.54. The van der Waals surface area contributed by atoms with E-state index in [0.717, 1.165) is 29.1 Å². The highest BCUT2D eigenvalue weighted by Crippen LogP contribution is 2.47. The first-order chi connectivity index (χ1) is 15.9. The molecular weight excluding hydrogens is 457 g/mol. The molecule has 11 heteroatoms. The predicted octanol–water partition coefficient (Wildman–Crippen LogP) is 4.18. The Bertz CT molecular complexity index is 1130. The zero-order valence-corrected chi connectivity index (χ0v) is 18.3. The van der Waals surface area contributed by atoms with Crippen LogP contribution in [0.5, 0.6) is 0 Å². The minimum Gasteiger partial charge on any atom is -0.381 e. The van der Waals surface area contributed by atoms with E-state index in [2.05, 4.69) is 20.0 Å². The van der Waals surface area contributed by atoms with Crippen LogP contribution in [0.15, 0.2) is 40.2 Å². The largest absolute Gasteiger partial charge is 0.471 e. The molecule has 1 aliphatic carbocycles. The fourth-order valence-electron chi connectivity index (χ4n) is 4.15. The lowest BCUT2D eigenvalue weighted by Crippen LogP contribution is -2.45. The third kappa shape index (κ3) is 4.51. The van der Waals surface area contributed by atoms with Gasteiger partial charge in [-0.3, -0.25) is 4.79 Å². The highest BCUT2D eigenvalue weighted by atomic mass is 32.1. The highest BCUT2D eigenvalue weighted by Gasteiger charge is 2.49. The zero-order valence-electron chi connectivity index (χ0n) is 17.5. The number of nitrogens with one attached hydrogen (secondary N) is 1. The van der Waals surface area contributed by atoms with Crippen molar-refractivity contribution in [3.8, 4) is 11.3 Å². The molecule has 1 aliphatic heterocycles. The lowest BCUT2D eigenvalue weighted by Gasteiger charge is -2.35. The van der Waals surface area contributed by atoms with Crippen molar-refractivity contribution >= 4 is 17.2 Å². The molecule has 2 atom stereocenters. The first-order valence-electron chi connectivity index (χ1n) is 10.6. The van der Waals surface area contributed by atoms with Crippen LogP contribution in [0.1, 0.15) is 41.9 Å². The number of amides is 1. The Morgan fingerprint density at radius 3 is 2.64 bits per heavy atom. The molecule has 7 nitrogen and oxygen atoms in total. The number of benzene rings is 1. The average Bonchev–Trinajstić information content (AvgIpc) is 3.22. The van der Waals surface area contributed by atoms with Gasteiger partial charge in [0.25, 0.3) is 0 Å². The van der Waals surface area contributed by atoms with E-state index in [1.807, 2.05) is 35.7 Å². The minimum atomic E-state index is -4.69. The van der Waals surface area contributed by atoms with Gasteiger partial charge in [-0.2, -0.15) is 18.2 Å². The number of hydrogen-bond acceptors (Lipinski definition) is 7. The van der Waals surface area contributed by atoms with Crippen LogP contribution >= 0.6 is 11.3 Å². The van der Waals surface area contributed by atoms with Gasteiger partial charge in [-0.05, 0) is 19.3 Å². The summed E-state index contributed by atoms with van der Waals surface area (Å²) >= 11 is 1.57. The molecule has 2 unspecified atom stereocenters. The van der Waals surface area contributed by atoms with Crippen molar-refractivity contribution in [1.82, 2.24) is 20.4 Å². The Balaban J connectivity index is 1.26. The molecule has 0 bridgehead atoms. The molecular formula is C22H21F3N4O3S. The zero-order chi connectivity index (χ0) is 23.1. The predicted molar refractivity (Wildman–Crippen MR) is 112 cm³/mol. The van der Waals surface area contributed by atoms with Gasteiger partial charge in [0.1, 0.15) is 5.01 Å². The van der Waals surface area contributed by atoms with Gasteiger partial charge >= 0.3 is 12.1 Å². The SMILES string of the molecule is O=C(NCC1(c2nc(-c3ccccc3)cs2)CCOCC1)C1CC1c1noc(C(F)(F)F)n1. The molecule has 3 heterocycles. The fourth-order valence-corrected chi connectivity index (χ4v) is 5.23. The van der Waals surface area contributed by atoms with Crippen molar-refractivity contribution in [3.05, 3.63) is 52.4 Å². The van der Waals surface area contributed by atoms with Gasteiger partial charge in [0.15, 0.2) is 5.82 Å². The lowest BCUT2D eigenvalue weighted by atomic mass is 9.80. The molecule has 0 radical (unpaired) electrons. The number of rotatable bonds is 6. The Kier molecular flexibility index (Phi) is 5.69. The smallest absolute Gasteiger partial charge is 0.381 e. The number of nitrogens with zero attached hydrogens (tertiary/aromatic N) is 3. The molecule has 5 rings (SSSR count). The fraction of sp³-hybridized carbons (Fsp3) is 0.455. The van der Waals surface area contributed by atoms with Crippen molar-refractivity contribution < 1.29 is 27.2 Å². The summed E-state index contributed by atoms with van der Waals surface area (Å²) in [6, 6.07) is 9.90. The molecule has 33 heavy (non-hydrogen) atoms. The number of halogens is 3.